The molecule has 3 heterocycles. The van der Waals surface area contributed by atoms with Gasteiger partial charge in [0.2, 0.25) is 0 Å². The molecular weight excluding hydrogens is 378 g/mol. The average Bonchev–Trinajstić information content (AvgIpc) is 3.24. The Morgan fingerprint density at radius 3 is 2.88 bits per heavy atom. The molecule has 0 aliphatic carbocycles. The topological polar surface area (TPSA) is 101 Å². The van der Waals surface area contributed by atoms with Crippen LogP contribution in [0.15, 0.2) is 57.1 Å². The zero-order valence-corrected chi connectivity index (χ0v) is 15.3. The second-order valence-electron chi connectivity index (χ2n) is 5.22. The van der Waals surface area contributed by atoms with Crippen LogP contribution in [-0.2, 0) is 9.84 Å². The lowest BCUT2D eigenvalue weighted by molar-refractivity contribution is 0.602. The smallest absolute Gasteiger partial charge is 0.175 e. The molecule has 1 N–H and O–H groups in total. The summed E-state index contributed by atoms with van der Waals surface area (Å²) in [5.74, 6) is 0. The molecule has 1 aromatic carbocycles. The molecule has 0 saturated carbocycles. The van der Waals surface area contributed by atoms with Gasteiger partial charge in [0.1, 0.15) is 21.2 Å². The number of aromatic amines is 1. The van der Waals surface area contributed by atoms with E-state index in [9.17, 15) is 8.42 Å². The largest absolute Gasteiger partial charge is 0.264 e. The van der Waals surface area contributed by atoms with Crippen LogP contribution in [0.3, 0.4) is 0 Å². The summed E-state index contributed by atoms with van der Waals surface area (Å²) < 4.78 is 23.7. The quantitative estimate of drug-likeness (QED) is 0.535. The molecule has 4 rings (SSSR count). The first kappa shape index (κ1) is 16.2. The Kier molecular flexibility index (Phi) is 4.02. The molecule has 4 aromatic rings. The molecule has 0 fully saturated rings. The van der Waals surface area contributed by atoms with Gasteiger partial charge in [0, 0.05) is 17.2 Å². The van der Waals surface area contributed by atoms with E-state index < -0.39 is 9.84 Å². The van der Waals surface area contributed by atoms with E-state index in [-0.39, 0.29) is 4.90 Å². The number of aromatic nitrogens is 5. The third-order valence-corrected chi connectivity index (χ3v) is 6.41. The van der Waals surface area contributed by atoms with Gasteiger partial charge in [0.25, 0.3) is 0 Å². The first-order valence-electron chi connectivity index (χ1n) is 7.09. The van der Waals surface area contributed by atoms with Crippen LogP contribution in [0.1, 0.15) is 0 Å². The molecule has 0 atom stereocenters. The van der Waals surface area contributed by atoms with Crippen molar-refractivity contribution in [2.24, 2.45) is 0 Å². The fourth-order valence-electron chi connectivity index (χ4n) is 2.37. The summed E-state index contributed by atoms with van der Waals surface area (Å²) in [7, 11) is -3.28. The van der Waals surface area contributed by atoms with Gasteiger partial charge in [-0.3, -0.25) is 5.10 Å². The molecule has 0 unspecified atom stereocenters. The van der Waals surface area contributed by atoms with Gasteiger partial charge in [-0.05, 0) is 29.5 Å². The number of rotatable bonds is 4. The summed E-state index contributed by atoms with van der Waals surface area (Å²) >= 11 is 2.87. The summed E-state index contributed by atoms with van der Waals surface area (Å²) in [4.78, 5) is 9.81. The zero-order chi connectivity index (χ0) is 17.4. The van der Waals surface area contributed by atoms with Crippen molar-refractivity contribution in [3.8, 4) is 11.1 Å². The van der Waals surface area contributed by atoms with Crippen molar-refractivity contribution < 1.29 is 8.42 Å². The summed E-state index contributed by atoms with van der Waals surface area (Å²) in [6.45, 7) is 0. The molecule has 0 aliphatic heterocycles. The van der Waals surface area contributed by atoms with Gasteiger partial charge < -0.3 is 0 Å². The Morgan fingerprint density at radius 1 is 1.24 bits per heavy atom. The van der Waals surface area contributed by atoms with Crippen LogP contribution in [0.25, 0.3) is 21.3 Å². The highest BCUT2D eigenvalue weighted by Gasteiger charge is 2.16. The molecule has 0 amide bonds. The lowest BCUT2D eigenvalue weighted by Crippen LogP contribution is -1.96. The molecule has 25 heavy (non-hydrogen) atoms. The maximum atomic E-state index is 11.9. The van der Waals surface area contributed by atoms with E-state index in [4.69, 9.17) is 0 Å². The van der Waals surface area contributed by atoms with Crippen LogP contribution in [0.2, 0.25) is 0 Å². The zero-order valence-electron chi connectivity index (χ0n) is 12.9. The number of hydrogen-bond acceptors (Lipinski definition) is 8. The van der Waals surface area contributed by atoms with E-state index in [0.29, 0.717) is 5.03 Å². The minimum absolute atomic E-state index is 0.284. The predicted molar refractivity (Wildman–Crippen MR) is 96.5 cm³/mol. The highest BCUT2D eigenvalue weighted by atomic mass is 32.2. The Labute approximate surface area is 151 Å². The molecule has 0 aliphatic rings. The van der Waals surface area contributed by atoms with Crippen molar-refractivity contribution >= 4 is 43.2 Å². The van der Waals surface area contributed by atoms with E-state index in [1.165, 1.54) is 35.7 Å². The molecule has 0 radical (unpaired) electrons. The molecule has 0 bridgehead atoms. The fourth-order valence-corrected chi connectivity index (χ4v) is 4.82. The van der Waals surface area contributed by atoms with Gasteiger partial charge >= 0.3 is 0 Å². The highest BCUT2D eigenvalue weighted by Crippen LogP contribution is 2.39. The number of sulfone groups is 1. The van der Waals surface area contributed by atoms with E-state index in [2.05, 4.69) is 25.4 Å². The number of benzene rings is 1. The van der Waals surface area contributed by atoms with Crippen molar-refractivity contribution in [2.75, 3.05) is 6.26 Å². The summed E-state index contributed by atoms with van der Waals surface area (Å²) in [6, 6.07) is 6.89. The summed E-state index contributed by atoms with van der Waals surface area (Å²) in [6.07, 6.45) is 4.40. The molecule has 0 saturated heterocycles. The van der Waals surface area contributed by atoms with E-state index in [1.54, 1.807) is 24.4 Å². The first-order chi connectivity index (χ1) is 12.0. The van der Waals surface area contributed by atoms with Crippen molar-refractivity contribution in [3.05, 3.63) is 42.2 Å². The first-order valence-corrected chi connectivity index (χ1v) is 10.7. The number of fused-ring (bicyclic) bond motifs is 1. The number of hydrogen-bond donors (Lipinski definition) is 1. The van der Waals surface area contributed by atoms with Gasteiger partial charge in [0.05, 0.1) is 16.5 Å². The van der Waals surface area contributed by atoms with E-state index >= 15 is 0 Å². The number of nitrogens with zero attached hydrogens (tertiary/aromatic N) is 4. The third-order valence-electron chi connectivity index (χ3n) is 3.50. The second-order valence-corrected chi connectivity index (χ2v) is 9.11. The lowest BCUT2D eigenvalue weighted by Gasteiger charge is -2.05. The van der Waals surface area contributed by atoms with Gasteiger partial charge in [-0.1, -0.05) is 17.3 Å². The maximum Gasteiger partial charge on any atom is 0.175 e. The number of thiophene rings is 1. The molecule has 0 spiro atoms. The SMILES string of the molecule is CS(=O)(=O)c1cccc(-c2csc3ncnc(Sc4c[nH]nn4)c23)c1. The average molecular weight is 389 g/mol. The summed E-state index contributed by atoms with van der Waals surface area (Å²) in [5.41, 5.74) is 1.71. The molecule has 10 heteroatoms. The molecule has 3 aromatic heterocycles. The van der Waals surface area contributed by atoms with E-state index in [0.717, 1.165) is 26.4 Å². The summed E-state index contributed by atoms with van der Waals surface area (Å²) in [5, 5.41) is 14.6. The highest BCUT2D eigenvalue weighted by molar-refractivity contribution is 7.99. The Morgan fingerprint density at radius 2 is 2.12 bits per heavy atom. The van der Waals surface area contributed by atoms with Crippen molar-refractivity contribution in [1.29, 1.82) is 0 Å². The number of H-pyrrole nitrogens is 1. The van der Waals surface area contributed by atoms with Crippen molar-refractivity contribution in [1.82, 2.24) is 25.4 Å². The fraction of sp³-hybridized carbons (Fsp3) is 0.0667. The lowest BCUT2D eigenvalue weighted by atomic mass is 10.1. The maximum absolute atomic E-state index is 11.9. The van der Waals surface area contributed by atoms with Crippen LogP contribution in [0.4, 0.5) is 0 Å². The van der Waals surface area contributed by atoms with Crippen LogP contribution < -0.4 is 0 Å². The Hall–Kier alpha value is -2.30. The van der Waals surface area contributed by atoms with Crippen LogP contribution >= 0.6 is 23.1 Å². The van der Waals surface area contributed by atoms with Crippen LogP contribution in [0.5, 0.6) is 0 Å². The van der Waals surface area contributed by atoms with Gasteiger partial charge in [0.15, 0.2) is 9.84 Å². The Balaban J connectivity index is 1.89. The minimum Gasteiger partial charge on any atom is -0.264 e. The number of nitrogens with one attached hydrogen (secondary N) is 1. The predicted octanol–water partition coefficient (Wildman–Crippen LogP) is 3.03. The third kappa shape index (κ3) is 3.15. The monoisotopic (exact) mass is 389 g/mol. The van der Waals surface area contributed by atoms with Crippen molar-refractivity contribution in [2.45, 2.75) is 14.9 Å². The minimum atomic E-state index is -3.28. The second kappa shape index (κ2) is 6.21. The molecule has 7 nitrogen and oxygen atoms in total. The molecular formula is C15H11N5O2S3. The molecule has 126 valence electrons. The van der Waals surface area contributed by atoms with Gasteiger partial charge in [-0.2, -0.15) is 0 Å². The van der Waals surface area contributed by atoms with Gasteiger partial charge in [-0.25, -0.2) is 18.4 Å². The van der Waals surface area contributed by atoms with Crippen LogP contribution in [-0.4, -0.2) is 40.1 Å². The van der Waals surface area contributed by atoms with Crippen LogP contribution in [0, 0.1) is 0 Å². The standard InChI is InChI=1S/C15H11N5O2S3/c1-25(21,22)10-4-2-3-9(5-10)11-7-23-14-13(11)15(17-8-16-14)24-12-6-18-20-19-12/h2-8H,1H3,(H,18,19,20). The van der Waals surface area contributed by atoms with Crippen molar-refractivity contribution in [3.63, 3.8) is 0 Å². The normalized spacial score (nSPS) is 11.9. The Bertz CT molecular complexity index is 1150. The van der Waals surface area contributed by atoms with E-state index in [1.807, 2.05) is 11.4 Å². The van der Waals surface area contributed by atoms with Gasteiger partial charge in [-0.15, -0.1) is 16.4 Å².